The first-order chi connectivity index (χ1) is 13.3. The van der Waals surface area contributed by atoms with Crippen molar-refractivity contribution < 1.29 is 4.39 Å². The maximum atomic E-state index is 13.3. The standard InChI is InChI=1S/C18H19FN8/c19-14-1-2-16-15(11-14)20-12-26(16)10-7-24-5-8-25(9-6-24)18-4-3-17-22-21-13-27(17)23-18/h1-4,11-13H,5-10H2. The van der Waals surface area contributed by atoms with Gasteiger partial charge in [-0.1, -0.05) is 0 Å². The van der Waals surface area contributed by atoms with E-state index in [4.69, 9.17) is 0 Å². The third kappa shape index (κ3) is 3.10. The Hall–Kier alpha value is -3.07. The average Bonchev–Trinajstić information content (AvgIpc) is 3.32. The highest BCUT2D eigenvalue weighted by Crippen LogP contribution is 2.16. The molecule has 0 atom stereocenters. The summed E-state index contributed by atoms with van der Waals surface area (Å²) in [5.41, 5.74) is 2.43. The molecule has 8 nitrogen and oxygen atoms in total. The number of piperazine rings is 1. The summed E-state index contributed by atoms with van der Waals surface area (Å²) in [4.78, 5) is 9.01. The number of anilines is 1. The van der Waals surface area contributed by atoms with Gasteiger partial charge in [0, 0.05) is 45.3 Å². The largest absolute Gasteiger partial charge is 0.353 e. The second-order valence-electron chi connectivity index (χ2n) is 6.72. The van der Waals surface area contributed by atoms with Crippen LogP contribution in [-0.2, 0) is 6.54 Å². The van der Waals surface area contributed by atoms with E-state index in [1.165, 1.54) is 12.1 Å². The fraction of sp³-hybridized carbons (Fsp3) is 0.333. The van der Waals surface area contributed by atoms with Gasteiger partial charge in [-0.3, -0.25) is 4.90 Å². The predicted octanol–water partition coefficient (Wildman–Crippen LogP) is 1.44. The Morgan fingerprint density at radius 1 is 0.963 bits per heavy atom. The van der Waals surface area contributed by atoms with Gasteiger partial charge in [-0.25, -0.2) is 9.37 Å². The summed E-state index contributed by atoms with van der Waals surface area (Å²) in [6.45, 7) is 5.58. The lowest BCUT2D eigenvalue weighted by Crippen LogP contribution is -2.47. The average molecular weight is 366 g/mol. The van der Waals surface area contributed by atoms with E-state index in [0.29, 0.717) is 5.52 Å². The SMILES string of the molecule is Fc1ccc2c(c1)ncn2CCN1CCN(c2ccc3nncn3n2)CC1. The van der Waals surface area contributed by atoms with Crippen LogP contribution in [0.5, 0.6) is 0 Å². The van der Waals surface area contributed by atoms with Crippen molar-refractivity contribution in [3.8, 4) is 0 Å². The molecule has 1 aromatic carbocycles. The van der Waals surface area contributed by atoms with E-state index < -0.39 is 0 Å². The lowest BCUT2D eigenvalue weighted by atomic mass is 10.3. The van der Waals surface area contributed by atoms with E-state index in [1.54, 1.807) is 23.2 Å². The summed E-state index contributed by atoms with van der Waals surface area (Å²) in [5, 5.41) is 12.4. The molecule has 0 N–H and O–H groups in total. The van der Waals surface area contributed by atoms with Crippen molar-refractivity contribution in [2.75, 3.05) is 37.6 Å². The molecule has 9 heteroatoms. The Labute approximate surface area is 154 Å². The third-order valence-corrected chi connectivity index (χ3v) is 5.08. The lowest BCUT2D eigenvalue weighted by Gasteiger charge is -2.35. The molecule has 1 aliphatic heterocycles. The zero-order valence-electron chi connectivity index (χ0n) is 14.7. The third-order valence-electron chi connectivity index (χ3n) is 5.08. The molecule has 1 aliphatic rings. The van der Waals surface area contributed by atoms with E-state index in [2.05, 4.69) is 34.6 Å². The Morgan fingerprint density at radius 2 is 1.85 bits per heavy atom. The van der Waals surface area contributed by atoms with E-state index >= 15 is 0 Å². The maximum Gasteiger partial charge on any atom is 0.177 e. The highest BCUT2D eigenvalue weighted by molar-refractivity contribution is 5.75. The highest BCUT2D eigenvalue weighted by atomic mass is 19.1. The van der Waals surface area contributed by atoms with Crippen molar-refractivity contribution in [3.63, 3.8) is 0 Å². The molecule has 0 bridgehead atoms. The van der Waals surface area contributed by atoms with Crippen molar-refractivity contribution in [2.24, 2.45) is 0 Å². The fourth-order valence-electron chi connectivity index (χ4n) is 3.55. The van der Waals surface area contributed by atoms with Gasteiger partial charge in [0.15, 0.2) is 5.65 Å². The molecule has 0 amide bonds. The van der Waals surface area contributed by atoms with Gasteiger partial charge >= 0.3 is 0 Å². The normalized spacial score (nSPS) is 15.8. The number of fused-ring (bicyclic) bond motifs is 2. The highest BCUT2D eigenvalue weighted by Gasteiger charge is 2.18. The van der Waals surface area contributed by atoms with Crippen LogP contribution in [0.3, 0.4) is 0 Å². The Kier molecular flexibility index (Phi) is 3.93. The molecule has 0 spiro atoms. The number of hydrogen-bond acceptors (Lipinski definition) is 6. The van der Waals surface area contributed by atoms with Gasteiger partial charge in [0.1, 0.15) is 18.0 Å². The van der Waals surface area contributed by atoms with Crippen molar-refractivity contribution in [3.05, 3.63) is 48.8 Å². The molecule has 4 heterocycles. The molecule has 0 aliphatic carbocycles. The first-order valence-corrected chi connectivity index (χ1v) is 9.01. The summed E-state index contributed by atoms with van der Waals surface area (Å²) in [7, 11) is 0. The lowest BCUT2D eigenvalue weighted by molar-refractivity contribution is 0.248. The van der Waals surface area contributed by atoms with Crippen LogP contribution in [0.1, 0.15) is 0 Å². The van der Waals surface area contributed by atoms with Crippen LogP contribution in [0.15, 0.2) is 43.0 Å². The van der Waals surface area contributed by atoms with Gasteiger partial charge in [0.25, 0.3) is 0 Å². The van der Waals surface area contributed by atoms with Crippen molar-refractivity contribution >= 4 is 22.5 Å². The summed E-state index contributed by atoms with van der Waals surface area (Å²) in [5.74, 6) is 0.701. The summed E-state index contributed by atoms with van der Waals surface area (Å²) in [6, 6.07) is 8.69. The van der Waals surface area contributed by atoms with Crippen LogP contribution in [0, 0.1) is 5.82 Å². The molecule has 5 rings (SSSR count). The first kappa shape index (κ1) is 16.1. The van der Waals surface area contributed by atoms with Gasteiger partial charge < -0.3 is 9.47 Å². The molecule has 0 saturated carbocycles. The second-order valence-corrected chi connectivity index (χ2v) is 6.72. The smallest absolute Gasteiger partial charge is 0.177 e. The second kappa shape index (κ2) is 6.58. The topological polar surface area (TPSA) is 67.4 Å². The first-order valence-electron chi connectivity index (χ1n) is 9.01. The quantitative estimate of drug-likeness (QED) is 0.544. The van der Waals surface area contributed by atoms with Gasteiger partial charge in [0.05, 0.1) is 17.4 Å². The number of nitrogens with zero attached hydrogens (tertiary/aromatic N) is 8. The van der Waals surface area contributed by atoms with Gasteiger partial charge in [-0.2, -0.15) is 4.52 Å². The Morgan fingerprint density at radius 3 is 2.74 bits per heavy atom. The zero-order valence-corrected chi connectivity index (χ0v) is 14.7. The number of halogens is 1. The van der Waals surface area contributed by atoms with E-state index in [-0.39, 0.29) is 5.82 Å². The van der Waals surface area contributed by atoms with Gasteiger partial charge in [-0.15, -0.1) is 15.3 Å². The van der Waals surface area contributed by atoms with Crippen LogP contribution in [0.25, 0.3) is 16.7 Å². The van der Waals surface area contributed by atoms with Crippen LogP contribution in [0.2, 0.25) is 0 Å². The Bertz CT molecular complexity index is 1080. The monoisotopic (exact) mass is 366 g/mol. The Balaban J connectivity index is 1.20. The van der Waals surface area contributed by atoms with Crippen molar-refractivity contribution in [1.82, 2.24) is 34.3 Å². The van der Waals surface area contributed by atoms with Crippen LogP contribution < -0.4 is 4.90 Å². The van der Waals surface area contributed by atoms with Gasteiger partial charge in [0.2, 0.25) is 0 Å². The fourth-order valence-corrected chi connectivity index (χ4v) is 3.55. The number of hydrogen-bond donors (Lipinski definition) is 0. The summed E-state index contributed by atoms with van der Waals surface area (Å²) in [6.07, 6.45) is 3.41. The molecule has 0 unspecified atom stereocenters. The molecular formula is C18H19FN8. The van der Waals surface area contributed by atoms with E-state index in [1.807, 2.05) is 12.1 Å². The molecule has 0 radical (unpaired) electrons. The minimum absolute atomic E-state index is 0.248. The van der Waals surface area contributed by atoms with Gasteiger partial charge in [-0.05, 0) is 24.3 Å². The zero-order chi connectivity index (χ0) is 18.2. The van der Waals surface area contributed by atoms with Crippen LogP contribution in [0.4, 0.5) is 10.2 Å². The molecule has 1 fully saturated rings. The van der Waals surface area contributed by atoms with Crippen LogP contribution in [-0.4, -0.2) is 67.0 Å². The van der Waals surface area contributed by atoms with E-state index in [0.717, 1.165) is 56.3 Å². The van der Waals surface area contributed by atoms with Crippen molar-refractivity contribution in [2.45, 2.75) is 6.54 Å². The molecule has 4 aromatic rings. The predicted molar refractivity (Wildman–Crippen MR) is 99.1 cm³/mol. The maximum absolute atomic E-state index is 13.3. The number of imidazole rings is 1. The number of rotatable bonds is 4. The van der Waals surface area contributed by atoms with Crippen LogP contribution >= 0.6 is 0 Å². The molecule has 3 aromatic heterocycles. The number of benzene rings is 1. The number of aromatic nitrogens is 6. The molecular weight excluding hydrogens is 347 g/mol. The summed E-state index contributed by atoms with van der Waals surface area (Å²) < 4.78 is 17.1. The van der Waals surface area contributed by atoms with E-state index in [9.17, 15) is 4.39 Å². The minimum Gasteiger partial charge on any atom is -0.353 e. The molecule has 27 heavy (non-hydrogen) atoms. The molecule has 1 saturated heterocycles. The molecule has 138 valence electrons. The minimum atomic E-state index is -0.248. The summed E-state index contributed by atoms with van der Waals surface area (Å²) >= 11 is 0. The van der Waals surface area contributed by atoms with Crippen molar-refractivity contribution in [1.29, 1.82) is 0 Å².